The van der Waals surface area contributed by atoms with Gasteiger partial charge in [-0.1, -0.05) is 29.8 Å². The molecule has 0 bridgehead atoms. The Labute approximate surface area is 217 Å². The molecule has 2 aromatic carbocycles. The minimum atomic E-state index is 0. The van der Waals surface area contributed by atoms with Crippen LogP contribution in [-0.4, -0.2) is 43.0 Å². The summed E-state index contributed by atoms with van der Waals surface area (Å²) in [4.78, 5) is 23.0. The molecular formula is C25H31IN6O2. The van der Waals surface area contributed by atoms with Gasteiger partial charge in [-0.15, -0.1) is 24.0 Å². The molecule has 1 aromatic heterocycles. The largest absolute Gasteiger partial charge is 0.444 e. The number of piperazine rings is 1. The lowest BCUT2D eigenvalue weighted by Crippen LogP contribution is -2.47. The summed E-state index contributed by atoms with van der Waals surface area (Å²) in [5, 5.41) is 9.43. The molecule has 8 nitrogen and oxygen atoms in total. The molecule has 3 N–H and O–H groups in total. The van der Waals surface area contributed by atoms with Crippen molar-refractivity contribution in [1.82, 2.24) is 20.9 Å². The highest BCUT2D eigenvalue weighted by molar-refractivity contribution is 14.0. The number of nitrogens with one attached hydrogen (secondary N) is 3. The van der Waals surface area contributed by atoms with Gasteiger partial charge in [-0.2, -0.15) is 0 Å². The average molecular weight is 574 g/mol. The summed E-state index contributed by atoms with van der Waals surface area (Å²) in [5.74, 6) is 1.39. The maximum atomic E-state index is 11.6. The number of benzene rings is 2. The van der Waals surface area contributed by atoms with Crippen molar-refractivity contribution >= 4 is 41.5 Å². The molecule has 0 unspecified atom stereocenters. The number of rotatable bonds is 7. The van der Waals surface area contributed by atoms with E-state index in [1.807, 2.05) is 43.3 Å². The summed E-state index contributed by atoms with van der Waals surface area (Å²) in [6, 6.07) is 16.3. The summed E-state index contributed by atoms with van der Waals surface area (Å²) in [6.45, 7) is 7.81. The van der Waals surface area contributed by atoms with Gasteiger partial charge in [0.2, 0.25) is 11.8 Å². The predicted molar refractivity (Wildman–Crippen MR) is 145 cm³/mol. The number of aliphatic imine (C=N–C) groups is 1. The van der Waals surface area contributed by atoms with Gasteiger partial charge < -0.3 is 25.3 Å². The van der Waals surface area contributed by atoms with Crippen molar-refractivity contribution in [1.29, 1.82) is 0 Å². The zero-order chi connectivity index (χ0) is 23.0. The highest BCUT2D eigenvalue weighted by Gasteiger charge is 2.16. The van der Waals surface area contributed by atoms with Crippen LogP contribution < -0.4 is 20.9 Å². The number of carbonyl (C=O) groups is 1. The van der Waals surface area contributed by atoms with E-state index >= 15 is 0 Å². The second-order valence-corrected chi connectivity index (χ2v) is 8.00. The summed E-state index contributed by atoms with van der Waals surface area (Å²) in [6.07, 6.45) is 1.67. The number of oxazole rings is 1. The number of halogens is 1. The average Bonchev–Trinajstić information content (AvgIpc) is 3.31. The van der Waals surface area contributed by atoms with E-state index in [9.17, 15) is 4.79 Å². The molecule has 9 heteroatoms. The lowest BCUT2D eigenvalue weighted by atomic mass is 10.1. The van der Waals surface area contributed by atoms with Gasteiger partial charge in [0, 0.05) is 30.9 Å². The van der Waals surface area contributed by atoms with Crippen LogP contribution in [0.4, 0.5) is 5.69 Å². The first-order chi connectivity index (χ1) is 16.1. The minimum absolute atomic E-state index is 0. The number of nitrogens with zero attached hydrogens (tertiary/aromatic N) is 3. The molecule has 0 radical (unpaired) electrons. The number of hydrogen-bond acceptors (Lipinski definition) is 5. The van der Waals surface area contributed by atoms with Gasteiger partial charge in [0.1, 0.15) is 6.26 Å². The van der Waals surface area contributed by atoms with Crippen molar-refractivity contribution in [2.24, 2.45) is 4.99 Å². The minimum Gasteiger partial charge on any atom is -0.444 e. The summed E-state index contributed by atoms with van der Waals surface area (Å²) in [7, 11) is 0. The third kappa shape index (κ3) is 6.96. The second-order valence-electron chi connectivity index (χ2n) is 8.00. The Morgan fingerprint density at radius 3 is 2.62 bits per heavy atom. The van der Waals surface area contributed by atoms with Crippen LogP contribution in [-0.2, 0) is 17.9 Å². The molecule has 1 saturated heterocycles. The van der Waals surface area contributed by atoms with E-state index in [2.05, 4.69) is 49.9 Å². The second kappa shape index (κ2) is 12.4. The molecule has 1 fully saturated rings. The zero-order valence-electron chi connectivity index (χ0n) is 19.5. The van der Waals surface area contributed by atoms with Gasteiger partial charge in [-0.05, 0) is 43.7 Å². The molecule has 2 heterocycles. The molecule has 4 rings (SSSR count). The molecule has 0 atom stereocenters. The number of hydrogen-bond donors (Lipinski definition) is 3. The van der Waals surface area contributed by atoms with Crippen LogP contribution in [0.25, 0.3) is 11.5 Å². The van der Waals surface area contributed by atoms with Crippen molar-refractivity contribution in [2.45, 2.75) is 26.9 Å². The van der Waals surface area contributed by atoms with Crippen LogP contribution in [0.15, 0.2) is 64.2 Å². The molecule has 0 spiro atoms. The summed E-state index contributed by atoms with van der Waals surface area (Å²) >= 11 is 0. The van der Waals surface area contributed by atoms with Crippen LogP contribution in [0.1, 0.15) is 23.7 Å². The first kappa shape index (κ1) is 25.5. The normalized spacial score (nSPS) is 13.8. The predicted octanol–water partition coefficient (Wildman–Crippen LogP) is 3.46. The molecule has 180 valence electrons. The van der Waals surface area contributed by atoms with Crippen molar-refractivity contribution in [3.8, 4) is 11.5 Å². The fourth-order valence-electron chi connectivity index (χ4n) is 3.57. The standard InChI is InChI=1S/C25H30N6O2.HI/c1-3-26-25(29-15-21-17-33-24(30-21)20-8-4-18(2)5-9-20)28-14-19-6-10-22(11-7-19)31-13-12-27-23(32)16-31;/h4-11,17H,3,12-16H2,1-2H3,(H,27,32)(H2,26,28,29);1H. The van der Waals surface area contributed by atoms with E-state index in [1.54, 1.807) is 6.26 Å². The highest BCUT2D eigenvalue weighted by atomic mass is 127. The molecule has 34 heavy (non-hydrogen) atoms. The Morgan fingerprint density at radius 1 is 1.15 bits per heavy atom. The third-order valence-corrected chi connectivity index (χ3v) is 5.39. The summed E-state index contributed by atoms with van der Waals surface area (Å²) < 4.78 is 5.64. The fourth-order valence-corrected chi connectivity index (χ4v) is 3.57. The van der Waals surface area contributed by atoms with Gasteiger partial charge >= 0.3 is 0 Å². The Bertz CT molecular complexity index is 1100. The van der Waals surface area contributed by atoms with Crippen molar-refractivity contribution in [2.75, 3.05) is 31.1 Å². The molecule has 0 saturated carbocycles. The molecule has 3 aromatic rings. The van der Waals surface area contributed by atoms with Crippen LogP contribution in [0.3, 0.4) is 0 Å². The number of aromatic nitrogens is 1. The number of anilines is 1. The number of carbonyl (C=O) groups excluding carboxylic acids is 1. The first-order valence-corrected chi connectivity index (χ1v) is 11.2. The van der Waals surface area contributed by atoms with E-state index in [4.69, 9.17) is 4.42 Å². The first-order valence-electron chi connectivity index (χ1n) is 11.2. The lowest BCUT2D eigenvalue weighted by Gasteiger charge is -2.28. The molecule has 1 amide bonds. The third-order valence-electron chi connectivity index (χ3n) is 5.39. The Balaban J connectivity index is 0.00000324. The van der Waals surface area contributed by atoms with Crippen LogP contribution in [0, 0.1) is 6.92 Å². The SMILES string of the molecule is CCNC(=NCc1ccc(N2CCNC(=O)C2)cc1)NCc1coc(-c2ccc(C)cc2)n1.I. The van der Waals surface area contributed by atoms with E-state index < -0.39 is 0 Å². The number of amides is 1. The smallest absolute Gasteiger partial charge is 0.239 e. The van der Waals surface area contributed by atoms with Gasteiger partial charge in [-0.25, -0.2) is 9.98 Å². The maximum Gasteiger partial charge on any atom is 0.239 e. The van der Waals surface area contributed by atoms with Gasteiger partial charge in [0.15, 0.2) is 5.96 Å². The van der Waals surface area contributed by atoms with Gasteiger partial charge in [0.05, 0.1) is 25.3 Å². The van der Waals surface area contributed by atoms with Crippen molar-refractivity contribution in [3.63, 3.8) is 0 Å². The monoisotopic (exact) mass is 574 g/mol. The van der Waals surface area contributed by atoms with Crippen LogP contribution in [0.5, 0.6) is 0 Å². The molecule has 1 aliphatic rings. The quantitative estimate of drug-likeness (QED) is 0.228. The van der Waals surface area contributed by atoms with Crippen molar-refractivity contribution < 1.29 is 9.21 Å². The van der Waals surface area contributed by atoms with Crippen molar-refractivity contribution in [3.05, 3.63) is 71.6 Å². The maximum absolute atomic E-state index is 11.6. The van der Waals surface area contributed by atoms with Crippen LogP contribution >= 0.6 is 24.0 Å². The van der Waals surface area contributed by atoms with Crippen LogP contribution in [0.2, 0.25) is 0 Å². The fraction of sp³-hybridized carbons (Fsp3) is 0.320. The molecular weight excluding hydrogens is 543 g/mol. The highest BCUT2D eigenvalue weighted by Crippen LogP contribution is 2.19. The lowest BCUT2D eigenvalue weighted by molar-refractivity contribution is -0.120. The van der Waals surface area contributed by atoms with E-state index in [1.165, 1.54) is 5.56 Å². The zero-order valence-corrected chi connectivity index (χ0v) is 21.8. The number of guanidine groups is 1. The molecule has 1 aliphatic heterocycles. The van der Waals surface area contributed by atoms with E-state index in [-0.39, 0.29) is 29.9 Å². The molecule has 0 aliphatic carbocycles. The van der Waals surface area contributed by atoms with E-state index in [0.717, 1.165) is 35.6 Å². The van der Waals surface area contributed by atoms with E-state index in [0.29, 0.717) is 38.0 Å². The van der Waals surface area contributed by atoms with Gasteiger partial charge in [0.25, 0.3) is 0 Å². The Hall–Kier alpha value is -3.08. The number of aryl methyl sites for hydroxylation is 1. The van der Waals surface area contributed by atoms with Gasteiger partial charge in [-0.3, -0.25) is 4.79 Å². The topological polar surface area (TPSA) is 94.8 Å². The summed E-state index contributed by atoms with van der Waals surface area (Å²) in [5.41, 5.74) is 5.12. The Morgan fingerprint density at radius 2 is 1.91 bits per heavy atom. The Kier molecular flexibility index (Phi) is 9.32.